The lowest BCUT2D eigenvalue weighted by molar-refractivity contribution is 0.237. The van der Waals surface area contributed by atoms with Crippen LogP contribution in [0.2, 0.25) is 0 Å². The lowest BCUT2D eigenvalue weighted by Gasteiger charge is -2.25. The molecular formula is C16H22N4S. The van der Waals surface area contributed by atoms with Crippen LogP contribution in [-0.2, 0) is 26.6 Å². The monoisotopic (exact) mass is 302 g/mol. The van der Waals surface area contributed by atoms with Crippen LogP contribution in [-0.4, -0.2) is 26.0 Å². The smallest absolute Gasteiger partial charge is 0.0959 e. The van der Waals surface area contributed by atoms with Crippen molar-refractivity contribution in [3.05, 3.63) is 33.8 Å². The molecule has 0 saturated heterocycles. The standard InChI is InChI=1S/C16H22N4S/c1-19-11-17-14-9-20(7-6-15(14)19)8-13-10-21-16(18-13)12-4-2-3-5-12/h10-12H,2-9H2,1H3. The van der Waals surface area contributed by atoms with E-state index in [1.165, 1.54) is 47.8 Å². The predicted molar refractivity (Wildman–Crippen MR) is 84.3 cm³/mol. The minimum Gasteiger partial charge on any atom is -0.337 e. The van der Waals surface area contributed by atoms with Crippen molar-refractivity contribution in [2.45, 2.75) is 51.1 Å². The first kappa shape index (κ1) is 13.5. The van der Waals surface area contributed by atoms with Crippen LogP contribution in [0.3, 0.4) is 0 Å². The third-order valence-electron chi connectivity index (χ3n) is 4.84. The summed E-state index contributed by atoms with van der Waals surface area (Å²) >= 11 is 1.87. The van der Waals surface area contributed by atoms with Crippen LogP contribution in [0.5, 0.6) is 0 Å². The van der Waals surface area contributed by atoms with E-state index >= 15 is 0 Å². The number of fused-ring (bicyclic) bond motifs is 1. The molecule has 0 spiro atoms. The molecule has 112 valence electrons. The summed E-state index contributed by atoms with van der Waals surface area (Å²) in [5, 5.41) is 3.64. The van der Waals surface area contributed by atoms with Crippen LogP contribution < -0.4 is 0 Å². The van der Waals surface area contributed by atoms with Crippen molar-refractivity contribution < 1.29 is 0 Å². The van der Waals surface area contributed by atoms with Gasteiger partial charge in [-0.1, -0.05) is 12.8 Å². The maximum Gasteiger partial charge on any atom is 0.0959 e. The molecule has 0 amide bonds. The summed E-state index contributed by atoms with van der Waals surface area (Å²) in [7, 11) is 2.09. The van der Waals surface area contributed by atoms with E-state index in [-0.39, 0.29) is 0 Å². The van der Waals surface area contributed by atoms with Gasteiger partial charge >= 0.3 is 0 Å². The van der Waals surface area contributed by atoms with Gasteiger partial charge in [-0.15, -0.1) is 11.3 Å². The molecule has 0 bridgehead atoms. The highest BCUT2D eigenvalue weighted by Crippen LogP contribution is 2.35. The molecule has 2 aliphatic rings. The molecule has 21 heavy (non-hydrogen) atoms. The Morgan fingerprint density at radius 1 is 1.33 bits per heavy atom. The topological polar surface area (TPSA) is 34.0 Å². The molecule has 2 aromatic heterocycles. The van der Waals surface area contributed by atoms with Gasteiger partial charge in [-0.2, -0.15) is 0 Å². The number of thiazole rings is 1. The molecule has 1 aliphatic heterocycles. The highest BCUT2D eigenvalue weighted by molar-refractivity contribution is 7.09. The Balaban J connectivity index is 1.42. The van der Waals surface area contributed by atoms with Gasteiger partial charge in [0.25, 0.3) is 0 Å². The SMILES string of the molecule is Cn1cnc2c1CCN(Cc1csc(C3CCCC3)n1)C2. The molecule has 0 radical (unpaired) electrons. The average Bonchev–Trinajstić information content (AvgIpc) is 3.20. The second-order valence-electron chi connectivity index (χ2n) is 6.37. The summed E-state index contributed by atoms with van der Waals surface area (Å²) in [4.78, 5) is 11.9. The summed E-state index contributed by atoms with van der Waals surface area (Å²) in [6.45, 7) is 3.05. The zero-order valence-electron chi connectivity index (χ0n) is 12.6. The van der Waals surface area contributed by atoms with Crippen LogP contribution in [0.4, 0.5) is 0 Å². The highest BCUT2D eigenvalue weighted by Gasteiger charge is 2.23. The number of rotatable bonds is 3. The summed E-state index contributed by atoms with van der Waals surface area (Å²) in [6, 6.07) is 0. The zero-order chi connectivity index (χ0) is 14.2. The Kier molecular flexibility index (Phi) is 3.55. The Labute approximate surface area is 129 Å². The molecule has 1 saturated carbocycles. The van der Waals surface area contributed by atoms with Crippen molar-refractivity contribution in [1.29, 1.82) is 0 Å². The molecular weight excluding hydrogens is 280 g/mol. The summed E-state index contributed by atoms with van der Waals surface area (Å²) in [6.07, 6.45) is 8.49. The Morgan fingerprint density at radius 3 is 3.05 bits per heavy atom. The minimum absolute atomic E-state index is 0.743. The number of aryl methyl sites for hydroxylation is 1. The first-order chi connectivity index (χ1) is 10.3. The maximum atomic E-state index is 4.90. The van der Waals surface area contributed by atoms with Gasteiger partial charge in [0.05, 0.1) is 22.7 Å². The van der Waals surface area contributed by atoms with Crippen molar-refractivity contribution in [3.8, 4) is 0 Å². The fourth-order valence-electron chi connectivity index (χ4n) is 3.63. The predicted octanol–water partition coefficient (Wildman–Crippen LogP) is 3.09. The zero-order valence-corrected chi connectivity index (χ0v) is 13.4. The van der Waals surface area contributed by atoms with Crippen LogP contribution in [0.1, 0.15) is 53.7 Å². The third-order valence-corrected chi connectivity index (χ3v) is 5.90. The molecule has 1 fully saturated rings. The van der Waals surface area contributed by atoms with Gasteiger partial charge in [-0.05, 0) is 12.8 Å². The van der Waals surface area contributed by atoms with E-state index < -0.39 is 0 Å². The second-order valence-corrected chi connectivity index (χ2v) is 7.26. The first-order valence-electron chi connectivity index (χ1n) is 7.95. The van der Waals surface area contributed by atoms with Gasteiger partial charge in [0.2, 0.25) is 0 Å². The van der Waals surface area contributed by atoms with Gasteiger partial charge in [-0.25, -0.2) is 9.97 Å². The largest absolute Gasteiger partial charge is 0.337 e. The maximum absolute atomic E-state index is 4.90. The van der Waals surface area contributed by atoms with Crippen LogP contribution >= 0.6 is 11.3 Å². The van der Waals surface area contributed by atoms with Gasteiger partial charge in [0.1, 0.15) is 0 Å². The van der Waals surface area contributed by atoms with E-state index in [0.29, 0.717) is 0 Å². The number of hydrogen-bond donors (Lipinski definition) is 0. The molecule has 0 N–H and O–H groups in total. The molecule has 5 heteroatoms. The highest BCUT2D eigenvalue weighted by atomic mass is 32.1. The summed E-state index contributed by atoms with van der Waals surface area (Å²) < 4.78 is 2.16. The van der Waals surface area contributed by atoms with Crippen molar-refractivity contribution in [2.24, 2.45) is 7.05 Å². The fraction of sp³-hybridized carbons (Fsp3) is 0.625. The lowest BCUT2D eigenvalue weighted by Crippen LogP contribution is -2.30. The van der Waals surface area contributed by atoms with Gasteiger partial charge < -0.3 is 4.57 Å². The second kappa shape index (κ2) is 5.54. The minimum atomic E-state index is 0.743. The third kappa shape index (κ3) is 2.64. The number of hydrogen-bond acceptors (Lipinski definition) is 4. The summed E-state index contributed by atoms with van der Waals surface area (Å²) in [5.41, 5.74) is 3.90. The van der Waals surface area contributed by atoms with Crippen molar-refractivity contribution in [2.75, 3.05) is 6.54 Å². The molecule has 0 unspecified atom stereocenters. The number of nitrogens with zero attached hydrogens (tertiary/aromatic N) is 4. The number of aromatic nitrogens is 3. The van der Waals surface area contributed by atoms with Gasteiger partial charge in [0, 0.05) is 50.1 Å². The first-order valence-corrected chi connectivity index (χ1v) is 8.83. The van der Waals surface area contributed by atoms with Gasteiger partial charge in [-0.3, -0.25) is 4.90 Å². The van der Waals surface area contributed by atoms with E-state index in [0.717, 1.165) is 32.0 Å². The Bertz CT molecular complexity index is 624. The Morgan fingerprint density at radius 2 is 2.19 bits per heavy atom. The molecule has 4 nitrogen and oxygen atoms in total. The van der Waals surface area contributed by atoms with E-state index in [4.69, 9.17) is 4.98 Å². The van der Waals surface area contributed by atoms with E-state index in [1.54, 1.807) is 0 Å². The van der Waals surface area contributed by atoms with Crippen LogP contribution in [0, 0.1) is 0 Å². The molecule has 3 heterocycles. The molecule has 2 aromatic rings. The summed E-state index contributed by atoms with van der Waals surface area (Å²) in [5.74, 6) is 0.743. The van der Waals surface area contributed by atoms with Crippen molar-refractivity contribution >= 4 is 11.3 Å². The fourth-order valence-corrected chi connectivity index (χ4v) is 4.61. The van der Waals surface area contributed by atoms with E-state index in [9.17, 15) is 0 Å². The molecule has 0 aromatic carbocycles. The Hall–Kier alpha value is -1.20. The van der Waals surface area contributed by atoms with Crippen LogP contribution in [0.25, 0.3) is 0 Å². The molecule has 4 rings (SSSR count). The average molecular weight is 302 g/mol. The lowest BCUT2D eigenvalue weighted by atomic mass is 10.1. The molecule has 0 atom stereocenters. The normalized spacial score (nSPS) is 20.0. The van der Waals surface area contributed by atoms with E-state index in [1.807, 2.05) is 17.7 Å². The van der Waals surface area contributed by atoms with Crippen molar-refractivity contribution in [3.63, 3.8) is 0 Å². The number of imidazole rings is 1. The van der Waals surface area contributed by atoms with Crippen molar-refractivity contribution in [1.82, 2.24) is 19.4 Å². The quantitative estimate of drug-likeness (QED) is 0.873. The molecule has 1 aliphatic carbocycles. The van der Waals surface area contributed by atoms with Gasteiger partial charge in [0.15, 0.2) is 0 Å². The van der Waals surface area contributed by atoms with E-state index in [2.05, 4.69) is 26.9 Å². The van der Waals surface area contributed by atoms with Crippen LogP contribution in [0.15, 0.2) is 11.7 Å².